The highest BCUT2D eigenvalue weighted by atomic mass is 32.2. The number of para-hydroxylation sites is 1. The van der Waals surface area contributed by atoms with E-state index in [-0.39, 0.29) is 5.91 Å². The van der Waals surface area contributed by atoms with Gasteiger partial charge in [-0.3, -0.25) is 4.79 Å². The minimum Gasteiger partial charge on any atom is -0.325 e. The minimum absolute atomic E-state index is 0.0208. The Balaban J connectivity index is 1.63. The van der Waals surface area contributed by atoms with Gasteiger partial charge in [-0.1, -0.05) is 48.5 Å². The molecule has 0 spiro atoms. The molecule has 1 N–H and O–H groups in total. The SMILES string of the molecule is Cc1ccccc1NC(=O)CSc1ccc2ccccc2c1. The minimum atomic E-state index is 0.0208. The highest BCUT2D eigenvalue weighted by molar-refractivity contribution is 8.00. The number of carbonyl (C=O) groups is 1. The van der Waals surface area contributed by atoms with Crippen molar-refractivity contribution in [3.63, 3.8) is 0 Å². The first-order chi connectivity index (χ1) is 10.7. The van der Waals surface area contributed by atoms with Gasteiger partial charge in [0.1, 0.15) is 0 Å². The van der Waals surface area contributed by atoms with E-state index in [4.69, 9.17) is 0 Å². The zero-order valence-corrected chi connectivity index (χ0v) is 13.2. The molecule has 0 fully saturated rings. The van der Waals surface area contributed by atoms with Crippen molar-refractivity contribution in [1.29, 1.82) is 0 Å². The fourth-order valence-electron chi connectivity index (χ4n) is 2.31. The molecule has 1 amide bonds. The summed E-state index contributed by atoms with van der Waals surface area (Å²) >= 11 is 1.56. The van der Waals surface area contributed by atoms with Crippen molar-refractivity contribution in [3.05, 3.63) is 72.3 Å². The summed E-state index contributed by atoms with van der Waals surface area (Å²) in [6.45, 7) is 1.99. The zero-order chi connectivity index (χ0) is 15.4. The van der Waals surface area contributed by atoms with Crippen LogP contribution in [0, 0.1) is 6.92 Å². The Morgan fingerprint density at radius 1 is 0.955 bits per heavy atom. The molecule has 3 rings (SSSR count). The average molecular weight is 307 g/mol. The lowest BCUT2D eigenvalue weighted by atomic mass is 10.1. The Bertz CT molecular complexity index is 813. The maximum atomic E-state index is 12.1. The Hall–Kier alpha value is -2.26. The molecular weight excluding hydrogens is 290 g/mol. The molecule has 0 aliphatic heterocycles. The third kappa shape index (κ3) is 3.49. The summed E-state index contributed by atoms with van der Waals surface area (Å²) in [6.07, 6.45) is 0. The van der Waals surface area contributed by atoms with Crippen LogP contribution >= 0.6 is 11.8 Å². The van der Waals surface area contributed by atoms with Crippen molar-refractivity contribution in [1.82, 2.24) is 0 Å². The van der Waals surface area contributed by atoms with Crippen molar-refractivity contribution in [2.75, 3.05) is 11.1 Å². The normalized spacial score (nSPS) is 10.6. The van der Waals surface area contributed by atoms with Crippen LogP contribution in [0.3, 0.4) is 0 Å². The molecule has 0 atom stereocenters. The monoisotopic (exact) mass is 307 g/mol. The van der Waals surface area contributed by atoms with E-state index in [1.807, 2.05) is 43.3 Å². The molecular formula is C19H17NOS. The molecule has 0 heterocycles. The van der Waals surface area contributed by atoms with Gasteiger partial charge >= 0.3 is 0 Å². The van der Waals surface area contributed by atoms with E-state index in [2.05, 4.69) is 35.6 Å². The van der Waals surface area contributed by atoms with Crippen LogP contribution in [0.15, 0.2) is 71.6 Å². The fraction of sp³-hybridized carbons (Fsp3) is 0.105. The molecule has 0 aliphatic carbocycles. The second kappa shape index (κ2) is 6.67. The zero-order valence-electron chi connectivity index (χ0n) is 12.4. The van der Waals surface area contributed by atoms with Crippen molar-refractivity contribution >= 4 is 34.1 Å². The molecule has 0 saturated heterocycles. The second-order valence-corrected chi connectivity index (χ2v) is 6.21. The Morgan fingerprint density at radius 2 is 1.68 bits per heavy atom. The number of hydrogen-bond acceptors (Lipinski definition) is 2. The number of hydrogen-bond donors (Lipinski definition) is 1. The molecule has 3 heteroatoms. The quantitative estimate of drug-likeness (QED) is 0.696. The molecule has 0 saturated carbocycles. The van der Waals surface area contributed by atoms with Crippen LogP contribution < -0.4 is 5.32 Å². The van der Waals surface area contributed by atoms with Gasteiger partial charge in [-0.25, -0.2) is 0 Å². The average Bonchev–Trinajstić information content (AvgIpc) is 2.55. The Kier molecular flexibility index (Phi) is 4.45. The summed E-state index contributed by atoms with van der Waals surface area (Å²) in [5.74, 6) is 0.430. The van der Waals surface area contributed by atoms with E-state index >= 15 is 0 Å². The smallest absolute Gasteiger partial charge is 0.234 e. The van der Waals surface area contributed by atoms with E-state index in [0.717, 1.165) is 16.1 Å². The van der Waals surface area contributed by atoms with Gasteiger partial charge in [-0.2, -0.15) is 0 Å². The molecule has 3 aromatic carbocycles. The second-order valence-electron chi connectivity index (χ2n) is 5.16. The highest BCUT2D eigenvalue weighted by Gasteiger charge is 2.05. The highest BCUT2D eigenvalue weighted by Crippen LogP contribution is 2.24. The third-order valence-corrected chi connectivity index (χ3v) is 4.50. The van der Waals surface area contributed by atoms with E-state index in [0.29, 0.717) is 5.75 Å². The number of thioether (sulfide) groups is 1. The van der Waals surface area contributed by atoms with Gasteiger partial charge in [-0.05, 0) is 41.5 Å². The number of carbonyl (C=O) groups excluding carboxylic acids is 1. The maximum absolute atomic E-state index is 12.1. The Morgan fingerprint density at radius 3 is 2.50 bits per heavy atom. The standard InChI is InChI=1S/C19H17NOS/c1-14-6-2-5-9-18(14)20-19(21)13-22-17-11-10-15-7-3-4-8-16(15)12-17/h2-12H,13H2,1H3,(H,20,21). The van der Waals surface area contributed by atoms with Crippen LogP contribution in [0.25, 0.3) is 10.8 Å². The van der Waals surface area contributed by atoms with E-state index in [9.17, 15) is 4.79 Å². The molecule has 0 aromatic heterocycles. The number of benzene rings is 3. The molecule has 110 valence electrons. The summed E-state index contributed by atoms with van der Waals surface area (Å²) in [6, 6.07) is 22.3. The first kappa shape index (κ1) is 14.7. The largest absolute Gasteiger partial charge is 0.325 e. The molecule has 2 nitrogen and oxygen atoms in total. The molecule has 0 bridgehead atoms. The van der Waals surface area contributed by atoms with Crippen LogP contribution in [-0.4, -0.2) is 11.7 Å². The maximum Gasteiger partial charge on any atom is 0.234 e. The van der Waals surface area contributed by atoms with Crippen LogP contribution in [0.2, 0.25) is 0 Å². The summed E-state index contributed by atoms with van der Waals surface area (Å²) < 4.78 is 0. The van der Waals surface area contributed by atoms with Crippen molar-refractivity contribution in [3.8, 4) is 0 Å². The van der Waals surface area contributed by atoms with Gasteiger partial charge in [0.25, 0.3) is 0 Å². The molecule has 3 aromatic rings. The van der Waals surface area contributed by atoms with E-state index in [1.165, 1.54) is 10.8 Å². The molecule has 0 aliphatic rings. The van der Waals surface area contributed by atoms with Gasteiger partial charge in [0.15, 0.2) is 0 Å². The predicted molar refractivity (Wildman–Crippen MR) is 94.5 cm³/mol. The lowest BCUT2D eigenvalue weighted by Crippen LogP contribution is -2.14. The van der Waals surface area contributed by atoms with Crippen LogP contribution in [0.5, 0.6) is 0 Å². The van der Waals surface area contributed by atoms with Gasteiger partial charge in [0.05, 0.1) is 5.75 Å². The van der Waals surface area contributed by atoms with Crippen molar-refractivity contribution < 1.29 is 4.79 Å². The molecule has 0 radical (unpaired) electrons. The topological polar surface area (TPSA) is 29.1 Å². The van der Waals surface area contributed by atoms with E-state index in [1.54, 1.807) is 11.8 Å². The van der Waals surface area contributed by atoms with Gasteiger partial charge in [-0.15, -0.1) is 11.8 Å². The summed E-state index contributed by atoms with van der Waals surface area (Å²) in [5.41, 5.74) is 1.96. The van der Waals surface area contributed by atoms with Gasteiger partial charge in [0, 0.05) is 10.6 Å². The first-order valence-corrected chi connectivity index (χ1v) is 8.18. The van der Waals surface area contributed by atoms with Crippen LogP contribution in [0.1, 0.15) is 5.56 Å². The van der Waals surface area contributed by atoms with Crippen molar-refractivity contribution in [2.45, 2.75) is 11.8 Å². The summed E-state index contributed by atoms with van der Waals surface area (Å²) in [7, 11) is 0. The summed E-state index contributed by atoms with van der Waals surface area (Å²) in [4.78, 5) is 13.2. The fourth-order valence-corrected chi connectivity index (χ4v) is 3.05. The number of rotatable bonds is 4. The van der Waals surface area contributed by atoms with Crippen LogP contribution in [0.4, 0.5) is 5.69 Å². The lowest BCUT2D eigenvalue weighted by Gasteiger charge is -2.08. The van der Waals surface area contributed by atoms with Gasteiger partial charge in [0.2, 0.25) is 5.91 Å². The number of nitrogens with one attached hydrogen (secondary N) is 1. The lowest BCUT2D eigenvalue weighted by molar-refractivity contribution is -0.113. The first-order valence-electron chi connectivity index (χ1n) is 7.19. The van der Waals surface area contributed by atoms with Gasteiger partial charge < -0.3 is 5.32 Å². The molecule has 0 unspecified atom stereocenters. The Labute approximate surface area is 134 Å². The number of amides is 1. The number of aryl methyl sites for hydroxylation is 1. The third-order valence-electron chi connectivity index (χ3n) is 3.51. The number of anilines is 1. The van der Waals surface area contributed by atoms with Crippen LogP contribution in [-0.2, 0) is 4.79 Å². The molecule has 22 heavy (non-hydrogen) atoms. The van der Waals surface area contributed by atoms with Crippen molar-refractivity contribution in [2.24, 2.45) is 0 Å². The summed E-state index contributed by atoms with van der Waals surface area (Å²) in [5, 5.41) is 5.38. The number of fused-ring (bicyclic) bond motifs is 1. The predicted octanol–water partition coefficient (Wildman–Crippen LogP) is 4.88. The van der Waals surface area contributed by atoms with E-state index < -0.39 is 0 Å².